The van der Waals surface area contributed by atoms with Crippen molar-refractivity contribution >= 4 is 10.8 Å². The van der Waals surface area contributed by atoms with Gasteiger partial charge in [0, 0.05) is 30.9 Å². The molecule has 0 aliphatic rings. The maximum atomic E-state index is 14.5. The fraction of sp³-hybridized carbons (Fsp3) is 0.222. The van der Waals surface area contributed by atoms with Crippen molar-refractivity contribution in [3.05, 3.63) is 66.2 Å². The Morgan fingerprint density at radius 2 is 1.95 bits per heavy atom. The van der Waals surface area contributed by atoms with Gasteiger partial charge < -0.3 is 9.30 Å². The highest BCUT2D eigenvalue weighted by atomic mass is 19.1. The number of aryl methyl sites for hydroxylation is 1. The van der Waals surface area contributed by atoms with Crippen molar-refractivity contribution < 1.29 is 9.13 Å². The summed E-state index contributed by atoms with van der Waals surface area (Å²) in [4.78, 5) is 0. The van der Waals surface area contributed by atoms with Crippen LogP contribution in [0.5, 0.6) is 5.75 Å². The van der Waals surface area contributed by atoms with Gasteiger partial charge >= 0.3 is 0 Å². The van der Waals surface area contributed by atoms with E-state index in [1.807, 2.05) is 61.1 Å². The first-order valence-electron chi connectivity index (χ1n) is 7.32. The van der Waals surface area contributed by atoms with Gasteiger partial charge in [0.2, 0.25) is 0 Å². The summed E-state index contributed by atoms with van der Waals surface area (Å²) in [6, 6.07) is 15.0. The molecule has 114 valence electrons. The Labute approximate surface area is 129 Å². The first-order valence-corrected chi connectivity index (χ1v) is 7.32. The molecule has 1 atom stereocenters. The van der Waals surface area contributed by atoms with Gasteiger partial charge in [-0.3, -0.25) is 5.32 Å². The predicted octanol–water partition coefficient (Wildman–Crippen LogP) is 3.83. The van der Waals surface area contributed by atoms with Crippen LogP contribution in [0.1, 0.15) is 12.6 Å². The lowest BCUT2D eigenvalue weighted by Gasteiger charge is -2.17. The molecule has 0 spiro atoms. The quantitative estimate of drug-likeness (QED) is 0.724. The van der Waals surface area contributed by atoms with Crippen LogP contribution in [-0.4, -0.2) is 10.8 Å². The van der Waals surface area contributed by atoms with Crippen LogP contribution in [0.4, 0.5) is 4.39 Å². The lowest BCUT2D eigenvalue weighted by Crippen LogP contribution is -2.31. The summed E-state index contributed by atoms with van der Waals surface area (Å²) in [6.07, 6.45) is 1.71. The zero-order chi connectivity index (χ0) is 15.5. The maximum absolute atomic E-state index is 14.5. The molecule has 1 unspecified atom stereocenters. The molecule has 4 heteroatoms. The average molecular weight is 298 g/mol. The number of ether oxygens (including phenoxy) is 1. The number of aromatic nitrogens is 1. The van der Waals surface area contributed by atoms with E-state index in [0.717, 1.165) is 11.1 Å². The Balaban J connectivity index is 1.70. The molecule has 0 saturated carbocycles. The molecule has 3 nitrogen and oxygen atoms in total. The number of nitrogens with zero attached hydrogens (tertiary/aromatic N) is 1. The smallest absolute Gasteiger partial charge is 0.172 e. The molecule has 22 heavy (non-hydrogen) atoms. The highest BCUT2D eigenvalue weighted by Crippen LogP contribution is 2.26. The van der Waals surface area contributed by atoms with Gasteiger partial charge in [0.05, 0.1) is 0 Å². The van der Waals surface area contributed by atoms with Gasteiger partial charge in [-0.2, -0.15) is 0 Å². The summed E-state index contributed by atoms with van der Waals surface area (Å²) >= 11 is 0. The number of hydrogen-bond acceptors (Lipinski definition) is 2. The van der Waals surface area contributed by atoms with E-state index in [9.17, 15) is 4.39 Å². The second kappa shape index (κ2) is 6.20. The Morgan fingerprint density at radius 1 is 1.14 bits per heavy atom. The van der Waals surface area contributed by atoms with Crippen LogP contribution in [0.3, 0.4) is 0 Å². The number of halogens is 1. The van der Waals surface area contributed by atoms with Gasteiger partial charge in [0.15, 0.2) is 11.6 Å². The number of fused-ring (bicyclic) bond motifs is 1. The largest absolute Gasteiger partial charge is 0.473 e. The molecule has 0 bridgehead atoms. The van der Waals surface area contributed by atoms with E-state index in [0.29, 0.717) is 11.9 Å². The molecule has 0 aliphatic carbocycles. The van der Waals surface area contributed by atoms with Gasteiger partial charge in [0.25, 0.3) is 0 Å². The molecule has 0 amide bonds. The summed E-state index contributed by atoms with van der Waals surface area (Å²) in [6.45, 7) is 2.54. The van der Waals surface area contributed by atoms with Crippen LogP contribution in [0.25, 0.3) is 10.8 Å². The molecule has 3 rings (SSSR count). The summed E-state index contributed by atoms with van der Waals surface area (Å²) in [7, 11) is 1.99. The molecule has 0 aliphatic heterocycles. The van der Waals surface area contributed by atoms with Gasteiger partial charge in [-0.15, -0.1) is 0 Å². The second-order valence-corrected chi connectivity index (χ2v) is 5.35. The van der Waals surface area contributed by atoms with Crippen LogP contribution in [0, 0.1) is 5.82 Å². The lowest BCUT2D eigenvalue weighted by molar-refractivity contribution is 0.173. The number of benzene rings is 2. The van der Waals surface area contributed by atoms with E-state index < -0.39 is 0 Å². The van der Waals surface area contributed by atoms with E-state index in [2.05, 4.69) is 5.32 Å². The number of rotatable bonds is 5. The molecule has 1 N–H and O–H groups in total. The highest BCUT2D eigenvalue weighted by molar-refractivity contribution is 5.84. The zero-order valence-electron chi connectivity index (χ0n) is 12.7. The number of nitrogens with one attached hydrogen (secondary N) is 1. The van der Waals surface area contributed by atoms with Crippen LogP contribution in [-0.2, 0) is 13.6 Å². The van der Waals surface area contributed by atoms with Gasteiger partial charge in [-0.05, 0) is 30.5 Å². The molecule has 0 fully saturated rings. The summed E-state index contributed by atoms with van der Waals surface area (Å²) in [5, 5.41) is 4.69. The standard InChI is InChI=1S/C18H19FN2O/c1-13(20-12-15-7-5-11-21(15)2)22-17-10-9-14-6-3-4-8-16(14)18(17)19/h3-11,13,20H,12H2,1-2H3. The molecule has 0 radical (unpaired) electrons. The summed E-state index contributed by atoms with van der Waals surface area (Å²) < 4.78 is 22.2. The van der Waals surface area contributed by atoms with Gasteiger partial charge in [-0.25, -0.2) is 4.39 Å². The monoisotopic (exact) mass is 298 g/mol. The highest BCUT2D eigenvalue weighted by Gasteiger charge is 2.11. The third kappa shape index (κ3) is 2.97. The van der Waals surface area contributed by atoms with E-state index in [4.69, 9.17) is 4.74 Å². The van der Waals surface area contributed by atoms with E-state index in [1.165, 1.54) is 0 Å². The van der Waals surface area contributed by atoms with Gasteiger partial charge in [0.1, 0.15) is 6.23 Å². The first kappa shape index (κ1) is 14.6. The fourth-order valence-electron chi connectivity index (χ4n) is 2.47. The molecule has 2 aromatic carbocycles. The fourth-order valence-corrected chi connectivity index (χ4v) is 2.47. The molecular weight excluding hydrogens is 279 g/mol. The third-order valence-corrected chi connectivity index (χ3v) is 3.75. The van der Waals surface area contributed by atoms with Crippen molar-refractivity contribution in [3.63, 3.8) is 0 Å². The van der Waals surface area contributed by atoms with Crippen LogP contribution in [0.15, 0.2) is 54.7 Å². The Kier molecular flexibility index (Phi) is 4.11. The normalized spacial score (nSPS) is 12.5. The van der Waals surface area contributed by atoms with E-state index >= 15 is 0 Å². The van der Waals surface area contributed by atoms with Crippen molar-refractivity contribution in [2.75, 3.05) is 0 Å². The van der Waals surface area contributed by atoms with Crippen molar-refractivity contribution in [2.45, 2.75) is 19.7 Å². The lowest BCUT2D eigenvalue weighted by atomic mass is 10.1. The molecule has 0 saturated heterocycles. The minimum absolute atomic E-state index is 0.269. The summed E-state index contributed by atoms with van der Waals surface area (Å²) in [5.41, 5.74) is 1.15. The van der Waals surface area contributed by atoms with Crippen LogP contribution in [0.2, 0.25) is 0 Å². The summed E-state index contributed by atoms with van der Waals surface area (Å²) in [5.74, 6) is -0.0452. The van der Waals surface area contributed by atoms with Crippen molar-refractivity contribution in [3.8, 4) is 5.75 Å². The minimum atomic E-state index is -0.314. The van der Waals surface area contributed by atoms with E-state index in [1.54, 1.807) is 12.1 Å². The Morgan fingerprint density at radius 3 is 2.73 bits per heavy atom. The number of hydrogen-bond donors (Lipinski definition) is 1. The SMILES string of the molecule is CC(NCc1cccn1C)Oc1ccc2ccccc2c1F. The van der Waals surface area contributed by atoms with Crippen molar-refractivity contribution in [1.82, 2.24) is 9.88 Å². The predicted molar refractivity (Wildman–Crippen MR) is 86.2 cm³/mol. The topological polar surface area (TPSA) is 26.2 Å². The Hall–Kier alpha value is -2.33. The Bertz CT molecular complexity index is 782. The minimum Gasteiger partial charge on any atom is -0.473 e. The second-order valence-electron chi connectivity index (χ2n) is 5.35. The van der Waals surface area contributed by atoms with Crippen LogP contribution >= 0.6 is 0 Å². The van der Waals surface area contributed by atoms with Gasteiger partial charge in [-0.1, -0.05) is 30.3 Å². The average Bonchev–Trinajstić information content (AvgIpc) is 2.93. The van der Waals surface area contributed by atoms with Crippen molar-refractivity contribution in [1.29, 1.82) is 0 Å². The first-order chi connectivity index (χ1) is 10.6. The van der Waals surface area contributed by atoms with E-state index in [-0.39, 0.29) is 17.8 Å². The van der Waals surface area contributed by atoms with Crippen LogP contribution < -0.4 is 10.1 Å². The van der Waals surface area contributed by atoms with Crippen molar-refractivity contribution in [2.24, 2.45) is 7.05 Å². The zero-order valence-corrected chi connectivity index (χ0v) is 12.7. The molecule has 1 aromatic heterocycles. The molecule has 3 aromatic rings. The maximum Gasteiger partial charge on any atom is 0.172 e. The molecule has 1 heterocycles. The third-order valence-electron chi connectivity index (χ3n) is 3.75. The molecular formula is C18H19FN2O.